The Labute approximate surface area is 109 Å². The Morgan fingerprint density at radius 2 is 1.89 bits per heavy atom. The van der Waals surface area contributed by atoms with E-state index >= 15 is 0 Å². The third kappa shape index (κ3) is 4.85. The highest BCUT2D eigenvalue weighted by molar-refractivity contribution is 6.86. The first kappa shape index (κ1) is 14.7. The fourth-order valence-corrected chi connectivity index (χ4v) is 2.94. The summed E-state index contributed by atoms with van der Waals surface area (Å²) in [6, 6.07) is 9.84. The lowest BCUT2D eigenvalue weighted by atomic mass is 10.2. The molecule has 1 aromatic rings. The smallest absolute Gasteiger partial charge is 0.327 e. The van der Waals surface area contributed by atoms with Crippen molar-refractivity contribution >= 4 is 14.0 Å². The van der Waals surface area contributed by atoms with Gasteiger partial charge in [-0.25, -0.2) is 4.79 Å². The van der Waals surface area contributed by atoms with E-state index in [0.717, 1.165) is 5.56 Å². The van der Waals surface area contributed by atoms with Gasteiger partial charge in [-0.05, 0) is 5.56 Å². The molecule has 0 aliphatic rings. The summed E-state index contributed by atoms with van der Waals surface area (Å²) in [6.45, 7) is 6.91. The van der Waals surface area contributed by atoms with Crippen LogP contribution in [0, 0.1) is 0 Å². The van der Waals surface area contributed by atoms with Gasteiger partial charge in [-0.1, -0.05) is 56.0 Å². The number of ether oxygens (including phenoxy) is 1. The van der Waals surface area contributed by atoms with Crippen LogP contribution in [0.15, 0.2) is 41.6 Å². The van der Waals surface area contributed by atoms with Crippen LogP contribution >= 0.6 is 0 Å². The minimum absolute atomic E-state index is 0.348. The first-order valence-electron chi connectivity index (χ1n) is 5.97. The summed E-state index contributed by atoms with van der Waals surface area (Å²) < 4.78 is 5.48. The van der Waals surface area contributed by atoms with Crippen LogP contribution < -0.4 is 0 Å². The minimum Gasteiger partial charge on any atom is -0.478 e. The summed E-state index contributed by atoms with van der Waals surface area (Å²) in [5.41, 5.74) is 1.09. The number of carboxylic acids is 1. The van der Waals surface area contributed by atoms with Crippen molar-refractivity contribution in [2.75, 3.05) is 6.61 Å². The van der Waals surface area contributed by atoms with Crippen LogP contribution in [0.5, 0.6) is 0 Å². The van der Waals surface area contributed by atoms with Gasteiger partial charge in [0.05, 0.1) is 21.3 Å². The zero-order valence-electron chi connectivity index (χ0n) is 11.1. The van der Waals surface area contributed by atoms with Crippen molar-refractivity contribution in [3.63, 3.8) is 0 Å². The number of carboxylic acid groups (broad SMARTS) is 1. The lowest BCUT2D eigenvalue weighted by molar-refractivity contribution is -0.132. The van der Waals surface area contributed by atoms with Crippen LogP contribution in [-0.2, 0) is 16.1 Å². The first-order valence-corrected chi connectivity index (χ1v) is 9.47. The van der Waals surface area contributed by atoms with Crippen LogP contribution in [0.2, 0.25) is 19.6 Å². The molecule has 0 amide bonds. The maximum atomic E-state index is 11.1. The van der Waals surface area contributed by atoms with E-state index in [1.807, 2.05) is 50.0 Å². The van der Waals surface area contributed by atoms with Gasteiger partial charge in [0.2, 0.25) is 0 Å². The summed E-state index contributed by atoms with van der Waals surface area (Å²) in [7, 11) is -1.80. The second-order valence-corrected chi connectivity index (χ2v) is 10.2. The van der Waals surface area contributed by atoms with E-state index in [4.69, 9.17) is 9.84 Å². The third-order valence-corrected chi connectivity index (χ3v) is 4.59. The second-order valence-electron chi connectivity index (χ2n) is 5.17. The molecule has 0 radical (unpaired) electrons. The summed E-state index contributed by atoms with van der Waals surface area (Å²) in [5, 5.41) is 9.66. The van der Waals surface area contributed by atoms with Crippen molar-refractivity contribution in [1.29, 1.82) is 0 Å². The van der Waals surface area contributed by atoms with E-state index in [1.54, 1.807) is 6.08 Å². The molecular weight excluding hydrogens is 244 g/mol. The van der Waals surface area contributed by atoms with Gasteiger partial charge in [-0.15, -0.1) is 0 Å². The summed E-state index contributed by atoms with van der Waals surface area (Å²) >= 11 is 0. The largest absolute Gasteiger partial charge is 0.478 e. The predicted molar refractivity (Wildman–Crippen MR) is 75.2 cm³/mol. The van der Waals surface area contributed by atoms with Crippen LogP contribution in [0.25, 0.3) is 0 Å². The monoisotopic (exact) mass is 264 g/mol. The molecule has 98 valence electrons. The zero-order valence-corrected chi connectivity index (χ0v) is 12.1. The van der Waals surface area contributed by atoms with Crippen LogP contribution in [0.1, 0.15) is 5.56 Å². The topological polar surface area (TPSA) is 46.5 Å². The van der Waals surface area contributed by atoms with Gasteiger partial charge in [-0.2, -0.15) is 0 Å². The van der Waals surface area contributed by atoms with Crippen molar-refractivity contribution in [3.8, 4) is 0 Å². The standard InChI is InChI=1S/C14H20O3Si/c1-18(2,3)13(14(15)16)9-10-17-11-12-7-5-4-6-8-12/h4-9H,10-11H2,1-3H3,(H,15,16)/b13-9+. The molecule has 0 unspecified atom stereocenters. The molecule has 0 atom stereocenters. The fourth-order valence-electron chi connectivity index (χ4n) is 1.61. The van der Waals surface area contributed by atoms with Crippen molar-refractivity contribution in [2.24, 2.45) is 0 Å². The summed E-state index contributed by atoms with van der Waals surface area (Å²) in [6.07, 6.45) is 1.71. The molecular formula is C14H20O3Si. The molecule has 18 heavy (non-hydrogen) atoms. The summed E-state index contributed by atoms with van der Waals surface area (Å²) in [4.78, 5) is 11.1. The van der Waals surface area contributed by atoms with Crippen LogP contribution in [0.4, 0.5) is 0 Å². The number of hydrogen-bond donors (Lipinski definition) is 1. The highest BCUT2D eigenvalue weighted by Crippen LogP contribution is 2.14. The van der Waals surface area contributed by atoms with E-state index in [0.29, 0.717) is 18.4 Å². The maximum Gasteiger partial charge on any atom is 0.327 e. The fraction of sp³-hybridized carbons (Fsp3) is 0.357. The number of benzene rings is 1. The molecule has 4 heteroatoms. The number of hydrogen-bond acceptors (Lipinski definition) is 2. The van der Waals surface area contributed by atoms with Gasteiger partial charge in [0.15, 0.2) is 0 Å². The third-order valence-electron chi connectivity index (χ3n) is 2.56. The number of carbonyl (C=O) groups is 1. The maximum absolute atomic E-state index is 11.1. The van der Waals surface area contributed by atoms with E-state index in [9.17, 15) is 4.79 Å². The second kappa shape index (κ2) is 6.52. The highest BCUT2D eigenvalue weighted by Gasteiger charge is 2.24. The SMILES string of the molecule is C[Si](C)(C)/C(=C/COCc1ccccc1)C(=O)O. The molecule has 0 aliphatic heterocycles. The Kier molecular flexibility index (Phi) is 5.31. The lowest BCUT2D eigenvalue weighted by Crippen LogP contribution is -2.29. The molecule has 1 N–H and O–H groups in total. The Hall–Kier alpha value is -1.39. The molecule has 3 nitrogen and oxygen atoms in total. The molecule has 0 saturated heterocycles. The number of aliphatic carboxylic acids is 1. The van der Waals surface area contributed by atoms with E-state index in [-0.39, 0.29) is 0 Å². The molecule has 1 rings (SSSR count). The van der Waals surface area contributed by atoms with Crippen molar-refractivity contribution in [1.82, 2.24) is 0 Å². The van der Waals surface area contributed by atoms with Gasteiger partial charge in [0.1, 0.15) is 0 Å². The van der Waals surface area contributed by atoms with Gasteiger partial charge >= 0.3 is 5.97 Å². The molecule has 0 saturated carbocycles. The Balaban J connectivity index is 2.51. The van der Waals surface area contributed by atoms with Crippen LogP contribution in [-0.4, -0.2) is 25.8 Å². The molecule has 0 bridgehead atoms. The first-order chi connectivity index (χ1) is 8.41. The molecule has 0 spiro atoms. The summed E-state index contributed by atoms with van der Waals surface area (Å²) in [5.74, 6) is -0.822. The normalized spacial score (nSPS) is 12.5. The van der Waals surface area contributed by atoms with Gasteiger partial charge in [-0.3, -0.25) is 0 Å². The zero-order chi connectivity index (χ0) is 13.6. The molecule has 0 fully saturated rings. The van der Waals surface area contributed by atoms with Gasteiger partial charge in [0.25, 0.3) is 0 Å². The molecule has 1 aromatic carbocycles. The Morgan fingerprint density at radius 3 is 2.39 bits per heavy atom. The number of rotatable bonds is 6. The van der Waals surface area contributed by atoms with Crippen molar-refractivity contribution < 1.29 is 14.6 Å². The quantitative estimate of drug-likeness (QED) is 0.488. The minimum atomic E-state index is -1.80. The van der Waals surface area contributed by atoms with Crippen molar-refractivity contribution in [3.05, 3.63) is 47.2 Å². The van der Waals surface area contributed by atoms with Crippen molar-refractivity contribution in [2.45, 2.75) is 26.2 Å². The average molecular weight is 264 g/mol. The Morgan fingerprint density at radius 1 is 1.28 bits per heavy atom. The average Bonchev–Trinajstić information content (AvgIpc) is 2.27. The van der Waals surface area contributed by atoms with Gasteiger partial charge < -0.3 is 9.84 Å². The van der Waals surface area contributed by atoms with Crippen LogP contribution in [0.3, 0.4) is 0 Å². The molecule has 0 aromatic heterocycles. The predicted octanol–water partition coefficient (Wildman–Crippen LogP) is 3.09. The molecule has 0 aliphatic carbocycles. The Bertz CT molecular complexity index is 418. The van der Waals surface area contributed by atoms with E-state index < -0.39 is 14.0 Å². The molecule has 0 heterocycles. The lowest BCUT2D eigenvalue weighted by Gasteiger charge is -2.16. The van der Waals surface area contributed by atoms with E-state index in [1.165, 1.54) is 0 Å². The highest BCUT2D eigenvalue weighted by atomic mass is 28.3. The van der Waals surface area contributed by atoms with Gasteiger partial charge in [0, 0.05) is 5.20 Å². The van der Waals surface area contributed by atoms with E-state index in [2.05, 4.69) is 0 Å².